The van der Waals surface area contributed by atoms with Crippen LogP contribution in [0.2, 0.25) is 0 Å². The van der Waals surface area contributed by atoms with Gasteiger partial charge in [0.1, 0.15) is 17.3 Å². The topological polar surface area (TPSA) is 77.3 Å². The molecule has 1 amide bonds. The molecule has 186 valence electrons. The van der Waals surface area contributed by atoms with E-state index in [1.165, 1.54) is 19.2 Å². The van der Waals surface area contributed by atoms with Crippen molar-refractivity contribution in [1.82, 2.24) is 14.3 Å². The fourth-order valence-electron chi connectivity index (χ4n) is 4.71. The second-order valence-electron chi connectivity index (χ2n) is 8.97. The molecule has 0 bridgehead atoms. The van der Waals surface area contributed by atoms with Gasteiger partial charge in [0.2, 0.25) is 0 Å². The van der Waals surface area contributed by atoms with Gasteiger partial charge in [-0.25, -0.2) is 18.6 Å². The minimum atomic E-state index is -0.700. The number of nitrogens with zero attached hydrogens (tertiary/aromatic N) is 3. The maximum Gasteiger partial charge on any atom is 0.409 e. The number of rotatable bonds is 5. The number of morpholine rings is 1. The Morgan fingerprint density at radius 2 is 2.06 bits per heavy atom. The first-order chi connectivity index (χ1) is 16.9. The van der Waals surface area contributed by atoms with Crippen LogP contribution in [0.1, 0.15) is 17.7 Å². The summed E-state index contributed by atoms with van der Waals surface area (Å²) in [5.41, 5.74) is 2.57. The summed E-state index contributed by atoms with van der Waals surface area (Å²) in [6.07, 6.45) is 2.12. The molecule has 5 rings (SSSR count). The van der Waals surface area contributed by atoms with Crippen molar-refractivity contribution in [3.05, 3.63) is 53.4 Å². The van der Waals surface area contributed by atoms with Crippen molar-refractivity contribution in [3.63, 3.8) is 0 Å². The molecule has 2 aliphatic rings. The summed E-state index contributed by atoms with van der Waals surface area (Å²) in [6.45, 7) is 4.14. The number of amides is 1. The number of hydrogen-bond donors (Lipinski definition) is 1. The normalized spacial score (nSPS) is 20.4. The van der Waals surface area contributed by atoms with Crippen LogP contribution in [0.5, 0.6) is 0 Å². The lowest BCUT2D eigenvalue weighted by Gasteiger charge is -2.32. The molecule has 10 heteroatoms. The monoisotopic (exact) mass is 486 g/mol. The highest BCUT2D eigenvalue weighted by Crippen LogP contribution is 2.33. The third-order valence-corrected chi connectivity index (χ3v) is 6.45. The number of carbonyl (C=O) groups is 1. The molecule has 2 aromatic heterocycles. The summed E-state index contributed by atoms with van der Waals surface area (Å²) < 4.78 is 48.7. The van der Waals surface area contributed by atoms with Gasteiger partial charge < -0.3 is 28.8 Å². The summed E-state index contributed by atoms with van der Waals surface area (Å²) in [4.78, 5) is 18.2. The van der Waals surface area contributed by atoms with Crippen LogP contribution in [0.25, 0.3) is 16.9 Å². The third kappa shape index (κ3) is 4.81. The SMILES string of the molecule is COC(=O)N1CCO[C@@H](Cc2c(-c3c(F)cc(NC4CCOC4)cc3F)nc3cc(C)ccn23)C1. The molecule has 0 radical (unpaired) electrons. The largest absolute Gasteiger partial charge is 0.453 e. The Labute approximate surface area is 201 Å². The van der Waals surface area contributed by atoms with Gasteiger partial charge in [-0.3, -0.25) is 0 Å². The molecule has 2 aliphatic heterocycles. The first-order valence-corrected chi connectivity index (χ1v) is 11.7. The third-order valence-electron chi connectivity index (χ3n) is 6.45. The molecule has 2 atom stereocenters. The van der Waals surface area contributed by atoms with E-state index in [2.05, 4.69) is 10.3 Å². The molecule has 1 aromatic carbocycles. The van der Waals surface area contributed by atoms with Crippen LogP contribution in [0, 0.1) is 18.6 Å². The van der Waals surface area contributed by atoms with Gasteiger partial charge in [0.15, 0.2) is 0 Å². The molecule has 8 nitrogen and oxygen atoms in total. The van der Waals surface area contributed by atoms with Crippen LogP contribution < -0.4 is 5.32 Å². The molecule has 0 aliphatic carbocycles. The first-order valence-electron chi connectivity index (χ1n) is 11.7. The van der Waals surface area contributed by atoms with E-state index in [9.17, 15) is 4.79 Å². The van der Waals surface area contributed by atoms with Crippen LogP contribution in [0.3, 0.4) is 0 Å². The number of imidazole rings is 1. The lowest BCUT2D eigenvalue weighted by molar-refractivity contribution is -0.0241. The molecular weight excluding hydrogens is 458 g/mol. The van der Waals surface area contributed by atoms with Gasteiger partial charge in [0.05, 0.1) is 56.0 Å². The molecule has 1 N–H and O–H groups in total. The number of anilines is 1. The molecule has 35 heavy (non-hydrogen) atoms. The van der Waals surface area contributed by atoms with E-state index < -0.39 is 17.7 Å². The second-order valence-corrected chi connectivity index (χ2v) is 8.97. The highest BCUT2D eigenvalue weighted by molar-refractivity contribution is 5.71. The highest BCUT2D eigenvalue weighted by atomic mass is 19.1. The number of pyridine rings is 1. The van der Waals surface area contributed by atoms with E-state index in [4.69, 9.17) is 14.2 Å². The lowest BCUT2D eigenvalue weighted by atomic mass is 10.0. The standard InChI is InChI=1S/C25H28F2N4O4/c1-15-3-5-31-21(12-18-13-30(6-8-35-18)25(32)33-2)24(29-22(31)9-15)23-19(26)10-17(11-20(23)27)28-16-4-7-34-14-16/h3,5,9-11,16,18,28H,4,6-8,12-14H2,1-2H3/t16?,18-/m0/s1. The maximum absolute atomic E-state index is 15.4. The zero-order valence-corrected chi connectivity index (χ0v) is 19.7. The highest BCUT2D eigenvalue weighted by Gasteiger charge is 2.29. The number of benzene rings is 1. The van der Waals surface area contributed by atoms with Gasteiger partial charge in [-0.1, -0.05) is 0 Å². The minimum absolute atomic E-state index is 0.0228. The smallest absolute Gasteiger partial charge is 0.409 e. The van der Waals surface area contributed by atoms with E-state index in [0.717, 1.165) is 12.0 Å². The Balaban J connectivity index is 1.51. The second kappa shape index (κ2) is 9.79. The molecule has 2 fully saturated rings. The quantitative estimate of drug-likeness (QED) is 0.591. The van der Waals surface area contributed by atoms with Gasteiger partial charge in [0.25, 0.3) is 0 Å². The van der Waals surface area contributed by atoms with Gasteiger partial charge in [0, 0.05) is 31.5 Å². The van der Waals surface area contributed by atoms with Crippen molar-refractivity contribution >= 4 is 17.4 Å². The molecule has 0 saturated carbocycles. The average molecular weight is 487 g/mol. The molecule has 1 unspecified atom stereocenters. The predicted octanol–water partition coefficient (Wildman–Crippen LogP) is 3.80. The van der Waals surface area contributed by atoms with E-state index in [1.807, 2.05) is 29.7 Å². The van der Waals surface area contributed by atoms with Gasteiger partial charge >= 0.3 is 6.09 Å². The van der Waals surface area contributed by atoms with E-state index in [-0.39, 0.29) is 23.4 Å². The fraction of sp³-hybridized carbons (Fsp3) is 0.440. The van der Waals surface area contributed by atoms with Gasteiger partial charge in [-0.2, -0.15) is 0 Å². The Morgan fingerprint density at radius 3 is 2.77 bits per heavy atom. The summed E-state index contributed by atoms with van der Waals surface area (Å²) in [5, 5.41) is 3.14. The van der Waals surface area contributed by atoms with Crippen LogP contribution in [-0.2, 0) is 20.6 Å². The van der Waals surface area contributed by atoms with E-state index >= 15 is 8.78 Å². The van der Waals surface area contributed by atoms with Crippen molar-refractivity contribution in [1.29, 1.82) is 0 Å². The summed E-state index contributed by atoms with van der Waals surface area (Å²) >= 11 is 0. The molecular formula is C25H28F2N4O4. The van der Waals surface area contributed by atoms with E-state index in [1.54, 1.807) is 4.90 Å². The van der Waals surface area contributed by atoms with Crippen molar-refractivity contribution in [2.45, 2.75) is 31.9 Å². The van der Waals surface area contributed by atoms with Crippen LogP contribution in [0.15, 0.2) is 30.5 Å². The number of carbonyl (C=O) groups excluding carboxylic acids is 1. The number of nitrogens with one attached hydrogen (secondary N) is 1. The molecule has 0 spiro atoms. The van der Waals surface area contributed by atoms with Crippen molar-refractivity contribution in [2.24, 2.45) is 0 Å². The number of fused-ring (bicyclic) bond motifs is 1. The van der Waals surface area contributed by atoms with E-state index in [0.29, 0.717) is 56.4 Å². The number of hydrogen-bond acceptors (Lipinski definition) is 6. The van der Waals surface area contributed by atoms with Crippen molar-refractivity contribution in [2.75, 3.05) is 45.3 Å². The van der Waals surface area contributed by atoms with Crippen LogP contribution >= 0.6 is 0 Å². The van der Waals surface area contributed by atoms with Crippen molar-refractivity contribution in [3.8, 4) is 11.3 Å². The Morgan fingerprint density at radius 1 is 1.26 bits per heavy atom. The maximum atomic E-state index is 15.4. The van der Waals surface area contributed by atoms with Crippen LogP contribution in [-0.4, -0.2) is 72.5 Å². The van der Waals surface area contributed by atoms with Gasteiger partial charge in [-0.05, 0) is 43.2 Å². The van der Waals surface area contributed by atoms with Crippen LogP contribution in [0.4, 0.5) is 19.3 Å². The summed E-state index contributed by atoms with van der Waals surface area (Å²) in [7, 11) is 1.33. The zero-order chi connectivity index (χ0) is 24.5. The Hall–Kier alpha value is -3.24. The summed E-state index contributed by atoms with van der Waals surface area (Å²) in [5.74, 6) is -1.40. The number of methoxy groups -OCH3 is 1. The number of aromatic nitrogens is 2. The predicted molar refractivity (Wildman–Crippen MR) is 126 cm³/mol. The average Bonchev–Trinajstić information content (AvgIpc) is 3.46. The number of ether oxygens (including phenoxy) is 3. The number of halogens is 2. The number of aryl methyl sites for hydroxylation is 1. The van der Waals surface area contributed by atoms with Crippen molar-refractivity contribution < 1.29 is 27.8 Å². The summed E-state index contributed by atoms with van der Waals surface area (Å²) in [6, 6.07) is 6.39. The minimum Gasteiger partial charge on any atom is -0.453 e. The molecule has 2 saturated heterocycles. The Bertz CT molecular complexity index is 1220. The first kappa shape index (κ1) is 23.5. The fourth-order valence-corrected chi connectivity index (χ4v) is 4.71. The lowest BCUT2D eigenvalue weighted by Crippen LogP contribution is -2.46. The zero-order valence-electron chi connectivity index (χ0n) is 19.7. The Kier molecular flexibility index (Phi) is 6.57. The van der Waals surface area contributed by atoms with Gasteiger partial charge in [-0.15, -0.1) is 0 Å². The molecule has 4 heterocycles. The molecule has 3 aromatic rings.